The molecular formula is C7H12F12-10. The molecule has 0 saturated heterocycles. The van der Waals surface area contributed by atoms with Gasteiger partial charge in [0, 0.05) is 0 Å². The van der Waals surface area contributed by atoms with Crippen molar-refractivity contribution >= 4 is 0 Å². The van der Waals surface area contributed by atoms with Crippen LogP contribution in [0.25, 0.3) is 0 Å². The normalized spacial score (nSPS) is 2.26. The van der Waals surface area contributed by atoms with Crippen molar-refractivity contribution in [3.63, 3.8) is 0 Å². The zero-order valence-corrected chi connectivity index (χ0v) is 9.44. The van der Waals surface area contributed by atoms with Crippen LogP contribution < -0.4 is 47.0 Å². The predicted molar refractivity (Wildman–Crippen MR) is 38.5 cm³/mol. The maximum absolute atomic E-state index is 10.1. The molecule has 0 radical (unpaired) electrons. The molecule has 0 spiro atoms. The van der Waals surface area contributed by atoms with Gasteiger partial charge in [0.1, 0.15) is 0 Å². The lowest BCUT2D eigenvalue weighted by atomic mass is 10.8. The summed E-state index contributed by atoms with van der Waals surface area (Å²) < 4.78 is 20.3. The molecule has 0 N–H and O–H groups in total. The molecule has 0 amide bonds. The van der Waals surface area contributed by atoms with Crippen molar-refractivity contribution in [2.45, 2.75) is 6.92 Å². The zero-order valence-electron chi connectivity index (χ0n) is 9.44. The fourth-order valence-corrected chi connectivity index (χ4v) is 0. The Balaban J connectivity index is -0.00000000209. The van der Waals surface area contributed by atoms with Crippen molar-refractivity contribution in [1.82, 2.24) is 0 Å². The standard InChI is InChI=1S/C3H6.C2H2F2.C2H4.10FH/c1-3-2;1-2(3)4;1-2;;;;;;;;;;/h3H,1H2,2H3;1H2;1-2H2;10*1H/p-10. The molecule has 0 aliphatic rings. The van der Waals surface area contributed by atoms with Gasteiger partial charge in [-0.2, -0.15) is 8.78 Å². The summed E-state index contributed by atoms with van der Waals surface area (Å²) in [5.74, 6) is 0. The number of rotatable bonds is 0. The zero-order chi connectivity index (χ0) is 8.28. The minimum atomic E-state index is -1.83. The van der Waals surface area contributed by atoms with Crippen LogP contribution in [0.5, 0.6) is 0 Å². The molecule has 134 valence electrons. The molecule has 0 rings (SSSR count). The number of halogens is 12. The Morgan fingerprint density at radius 2 is 0.684 bits per heavy atom. The van der Waals surface area contributed by atoms with Crippen molar-refractivity contribution in [3.8, 4) is 0 Å². The Bertz CT molecular complexity index is 74.5. The largest absolute Gasteiger partial charge is 1.00 e. The smallest absolute Gasteiger partial charge is 0.263 e. The van der Waals surface area contributed by atoms with E-state index >= 15 is 0 Å². The summed E-state index contributed by atoms with van der Waals surface area (Å²) in [6.07, 6.45) is -0.0833. The maximum atomic E-state index is 10.1. The topological polar surface area (TPSA) is 0 Å². The Hall–Kier alpha value is -1.62. The molecule has 0 unspecified atom stereocenters. The van der Waals surface area contributed by atoms with Gasteiger partial charge in [-0.15, -0.1) is 19.7 Å². The highest BCUT2D eigenvalue weighted by atomic mass is 19.3. The lowest BCUT2D eigenvalue weighted by Crippen LogP contribution is -3.00. The van der Waals surface area contributed by atoms with E-state index in [2.05, 4.69) is 26.3 Å². The highest BCUT2D eigenvalue weighted by Gasteiger charge is 1.65. The SMILES string of the molecule is C=C.C=C(F)F.C=CC.[F-].[F-].[F-].[F-].[F-].[F-].[F-].[F-].[F-].[F-]. The maximum Gasteiger partial charge on any atom is 0.263 e. The molecule has 0 aromatic rings. The fourth-order valence-electron chi connectivity index (χ4n) is 0. The summed E-state index contributed by atoms with van der Waals surface area (Å²) in [4.78, 5) is 0. The van der Waals surface area contributed by atoms with Crippen LogP contribution in [0.3, 0.4) is 0 Å². The third-order valence-corrected chi connectivity index (χ3v) is 0. The molecule has 0 aromatic heterocycles. The van der Waals surface area contributed by atoms with Gasteiger partial charge in [-0.05, 0) is 13.5 Å². The summed E-state index contributed by atoms with van der Waals surface area (Å²) in [6.45, 7) is 13.5. The van der Waals surface area contributed by atoms with Crippen LogP contribution in [0.2, 0.25) is 0 Å². The quantitative estimate of drug-likeness (QED) is 0.307. The number of allylic oxidation sites excluding steroid dienone is 1. The number of hydrogen-bond acceptors (Lipinski definition) is 0. The average molecular weight is 324 g/mol. The molecule has 0 fully saturated rings. The van der Waals surface area contributed by atoms with Gasteiger partial charge in [0.05, 0.1) is 0 Å². The molecular weight excluding hydrogens is 312 g/mol. The van der Waals surface area contributed by atoms with Gasteiger partial charge in [-0.3, -0.25) is 0 Å². The third-order valence-electron chi connectivity index (χ3n) is 0. The first-order chi connectivity index (χ1) is 4.15. The molecule has 0 heterocycles. The minimum Gasteiger partial charge on any atom is -1.00 e. The highest BCUT2D eigenvalue weighted by molar-refractivity contribution is 4.57. The van der Waals surface area contributed by atoms with Crippen LogP contribution in [0.1, 0.15) is 6.92 Å². The van der Waals surface area contributed by atoms with Gasteiger partial charge in [-0.25, -0.2) is 0 Å². The van der Waals surface area contributed by atoms with Gasteiger partial charge < -0.3 is 47.0 Å². The van der Waals surface area contributed by atoms with E-state index in [0.29, 0.717) is 0 Å². The highest BCUT2D eigenvalue weighted by Crippen LogP contribution is 1.85. The summed E-state index contributed by atoms with van der Waals surface area (Å²) in [6, 6.07) is 0. The third kappa shape index (κ3) is 1290. The van der Waals surface area contributed by atoms with E-state index in [1.54, 1.807) is 6.08 Å². The summed E-state index contributed by atoms with van der Waals surface area (Å²) >= 11 is 0. The van der Waals surface area contributed by atoms with Crippen molar-refractivity contribution in [1.29, 1.82) is 0 Å². The van der Waals surface area contributed by atoms with Crippen molar-refractivity contribution in [2.75, 3.05) is 0 Å². The van der Waals surface area contributed by atoms with Crippen LogP contribution in [-0.2, 0) is 0 Å². The van der Waals surface area contributed by atoms with Crippen molar-refractivity contribution < 1.29 is 55.8 Å². The average Bonchev–Trinajstić information content (AvgIpc) is 1.71. The summed E-state index contributed by atoms with van der Waals surface area (Å²) in [5.41, 5.74) is 0. The van der Waals surface area contributed by atoms with Gasteiger partial charge in [0.2, 0.25) is 0 Å². The Kier molecular flexibility index (Phi) is 8750. The van der Waals surface area contributed by atoms with E-state index in [4.69, 9.17) is 0 Å². The molecule has 0 bridgehead atoms. The van der Waals surface area contributed by atoms with E-state index in [0.717, 1.165) is 0 Å². The second-order valence-corrected chi connectivity index (χ2v) is 0.747. The second kappa shape index (κ2) is 684. The molecule has 0 aliphatic carbocycles. The van der Waals surface area contributed by atoms with E-state index in [1.807, 2.05) is 6.92 Å². The molecule has 19 heavy (non-hydrogen) atoms. The Morgan fingerprint density at radius 1 is 0.684 bits per heavy atom. The van der Waals surface area contributed by atoms with Crippen molar-refractivity contribution in [2.24, 2.45) is 0 Å². The Labute approximate surface area is 102 Å². The van der Waals surface area contributed by atoms with E-state index in [1.165, 1.54) is 0 Å². The summed E-state index contributed by atoms with van der Waals surface area (Å²) in [7, 11) is 0. The number of hydrogen-bond donors (Lipinski definition) is 0. The van der Waals surface area contributed by atoms with E-state index in [9.17, 15) is 8.78 Å². The first kappa shape index (κ1) is 243. The predicted octanol–water partition coefficient (Wildman–Crippen LogP) is -26.6. The van der Waals surface area contributed by atoms with Gasteiger partial charge in [0.25, 0.3) is 6.08 Å². The monoisotopic (exact) mass is 324 g/mol. The van der Waals surface area contributed by atoms with E-state index < -0.39 is 6.08 Å². The van der Waals surface area contributed by atoms with Crippen LogP contribution in [0.15, 0.2) is 38.5 Å². The van der Waals surface area contributed by atoms with Gasteiger partial charge >= 0.3 is 0 Å². The molecule has 0 saturated carbocycles. The summed E-state index contributed by atoms with van der Waals surface area (Å²) in [5, 5.41) is 0. The molecule has 12 heteroatoms. The van der Waals surface area contributed by atoms with Gasteiger partial charge in [-0.1, -0.05) is 6.08 Å². The molecule has 0 aromatic carbocycles. The first-order valence-electron chi connectivity index (χ1n) is 2.22. The van der Waals surface area contributed by atoms with Crippen LogP contribution in [-0.4, -0.2) is 0 Å². The first-order valence-corrected chi connectivity index (χ1v) is 2.22. The molecule has 0 atom stereocenters. The van der Waals surface area contributed by atoms with Crippen LogP contribution >= 0.6 is 0 Å². The molecule has 0 aliphatic heterocycles. The van der Waals surface area contributed by atoms with Gasteiger partial charge in [0.15, 0.2) is 0 Å². The van der Waals surface area contributed by atoms with Crippen LogP contribution in [0.4, 0.5) is 8.78 Å². The molecule has 0 nitrogen and oxygen atoms in total. The Morgan fingerprint density at radius 3 is 0.684 bits per heavy atom. The van der Waals surface area contributed by atoms with Crippen molar-refractivity contribution in [3.05, 3.63) is 38.5 Å². The minimum absolute atomic E-state index is 0. The second-order valence-electron chi connectivity index (χ2n) is 0.747. The lowest BCUT2D eigenvalue weighted by Gasteiger charge is -1.54. The fraction of sp³-hybridized carbons (Fsp3) is 0.143. The van der Waals surface area contributed by atoms with E-state index in [-0.39, 0.29) is 47.0 Å². The lowest BCUT2D eigenvalue weighted by molar-refractivity contribution is -0.00100. The van der Waals surface area contributed by atoms with Crippen LogP contribution in [0, 0.1) is 0 Å².